The molecular weight excluding hydrogens is 270 g/mol. The predicted molar refractivity (Wildman–Crippen MR) is 92.9 cm³/mol. The highest BCUT2D eigenvalue weighted by Gasteiger charge is 2.31. The number of nitrogens with two attached hydrogens (primary N) is 2. The van der Waals surface area contributed by atoms with Crippen LogP contribution in [0.1, 0.15) is 51.4 Å². The summed E-state index contributed by atoms with van der Waals surface area (Å²) in [4.78, 5) is 0. The lowest BCUT2D eigenvalue weighted by molar-refractivity contribution is 0.291. The molecule has 0 aromatic rings. The average molecular weight is 299 g/mol. The van der Waals surface area contributed by atoms with Gasteiger partial charge in [-0.1, -0.05) is 30.6 Å². The fraction of sp³-hybridized carbons (Fsp3) is 0.632. The van der Waals surface area contributed by atoms with Crippen molar-refractivity contribution < 1.29 is 0 Å². The molecule has 0 heterocycles. The summed E-state index contributed by atoms with van der Waals surface area (Å²) in [7, 11) is 0. The molecule has 0 aromatic carbocycles. The summed E-state index contributed by atoms with van der Waals surface area (Å²) in [6.45, 7) is 0. The van der Waals surface area contributed by atoms with Crippen molar-refractivity contribution in [2.45, 2.75) is 63.5 Å². The number of nitrogens with one attached hydrogen (secondary N) is 1. The van der Waals surface area contributed by atoms with Gasteiger partial charge in [0.2, 0.25) is 0 Å². The fourth-order valence-electron chi connectivity index (χ4n) is 4.49. The molecule has 5 N–H and O–H groups in total. The van der Waals surface area contributed by atoms with Crippen LogP contribution < -0.4 is 11.5 Å². The third kappa shape index (κ3) is 3.58. The molecule has 3 aliphatic rings. The zero-order chi connectivity index (χ0) is 15.5. The molecule has 3 heteroatoms. The second-order valence-corrected chi connectivity index (χ2v) is 7.28. The van der Waals surface area contributed by atoms with E-state index < -0.39 is 0 Å². The van der Waals surface area contributed by atoms with Crippen molar-refractivity contribution in [3.8, 4) is 0 Å². The summed E-state index contributed by atoms with van der Waals surface area (Å²) in [5.74, 6) is 1.21. The zero-order valence-corrected chi connectivity index (χ0v) is 13.4. The first-order chi connectivity index (χ1) is 10.6. The van der Waals surface area contributed by atoms with E-state index in [9.17, 15) is 0 Å². The van der Waals surface area contributed by atoms with Gasteiger partial charge in [0.05, 0.1) is 5.71 Å². The maximum absolute atomic E-state index is 7.74. The molecule has 2 fully saturated rings. The van der Waals surface area contributed by atoms with Gasteiger partial charge in [0.15, 0.2) is 0 Å². The summed E-state index contributed by atoms with van der Waals surface area (Å²) in [6, 6.07) is 0.697. The minimum atomic E-state index is 0.349. The molecule has 0 spiro atoms. The van der Waals surface area contributed by atoms with Crippen LogP contribution >= 0.6 is 0 Å². The summed E-state index contributed by atoms with van der Waals surface area (Å²) in [5.41, 5.74) is 16.0. The van der Waals surface area contributed by atoms with E-state index in [1.165, 1.54) is 44.1 Å². The van der Waals surface area contributed by atoms with Gasteiger partial charge >= 0.3 is 0 Å². The van der Waals surface area contributed by atoms with E-state index in [1.54, 1.807) is 5.57 Å². The van der Waals surface area contributed by atoms with Gasteiger partial charge in [-0.15, -0.1) is 0 Å². The van der Waals surface area contributed by atoms with Crippen LogP contribution in [0, 0.1) is 17.2 Å². The molecule has 4 atom stereocenters. The summed E-state index contributed by atoms with van der Waals surface area (Å²) in [5, 5.41) is 7.74. The van der Waals surface area contributed by atoms with Gasteiger partial charge in [0, 0.05) is 12.1 Å². The van der Waals surface area contributed by atoms with Crippen LogP contribution in [0.3, 0.4) is 0 Å². The minimum Gasteiger partial charge on any atom is -0.328 e. The topological polar surface area (TPSA) is 75.9 Å². The van der Waals surface area contributed by atoms with E-state index in [1.807, 2.05) is 12.2 Å². The van der Waals surface area contributed by atoms with Crippen LogP contribution in [0.2, 0.25) is 0 Å². The molecule has 3 aliphatic carbocycles. The monoisotopic (exact) mass is 299 g/mol. The molecular formula is C19H29N3. The standard InChI is InChI=1S/C19H29N3/c20-16-9-7-13(8-10-16)19(14-3-1-5-17(21)11-14)15-4-2-6-18(22)12-15/h7-10,14-15,17-18,20H,1-6,11-12,21-22H2. The number of hydrogen-bond acceptors (Lipinski definition) is 3. The lowest BCUT2D eigenvalue weighted by atomic mass is 9.70. The summed E-state index contributed by atoms with van der Waals surface area (Å²) < 4.78 is 0. The normalized spacial score (nSPS) is 35.7. The van der Waals surface area contributed by atoms with Crippen molar-refractivity contribution in [3.63, 3.8) is 0 Å². The predicted octanol–water partition coefficient (Wildman–Crippen LogP) is 3.46. The molecule has 22 heavy (non-hydrogen) atoms. The van der Waals surface area contributed by atoms with E-state index in [0.29, 0.717) is 29.6 Å². The van der Waals surface area contributed by atoms with Crippen LogP contribution in [-0.2, 0) is 0 Å². The molecule has 2 saturated carbocycles. The number of allylic oxidation sites excluding steroid dienone is 6. The first kappa shape index (κ1) is 15.7. The third-order valence-electron chi connectivity index (χ3n) is 5.53. The lowest BCUT2D eigenvalue weighted by Crippen LogP contribution is -2.34. The highest BCUT2D eigenvalue weighted by Crippen LogP contribution is 2.41. The SMILES string of the molecule is N=C1C=CC(=C(C2CCCC(N)C2)C2CCCC(N)C2)C=C1. The van der Waals surface area contributed by atoms with Gasteiger partial charge in [-0.2, -0.15) is 0 Å². The van der Waals surface area contributed by atoms with Crippen molar-refractivity contribution in [1.82, 2.24) is 0 Å². The Kier molecular flexibility index (Phi) is 4.94. The molecule has 120 valence electrons. The zero-order valence-electron chi connectivity index (χ0n) is 13.4. The second-order valence-electron chi connectivity index (χ2n) is 7.28. The van der Waals surface area contributed by atoms with Gasteiger partial charge in [-0.3, -0.25) is 0 Å². The van der Waals surface area contributed by atoms with E-state index in [2.05, 4.69) is 12.2 Å². The molecule has 0 bridgehead atoms. The second kappa shape index (κ2) is 6.93. The number of hydrogen-bond donors (Lipinski definition) is 3. The molecule has 0 amide bonds. The summed E-state index contributed by atoms with van der Waals surface area (Å²) >= 11 is 0. The Bertz CT molecular complexity index is 473. The highest BCUT2D eigenvalue weighted by atomic mass is 14.7. The van der Waals surface area contributed by atoms with Crippen molar-refractivity contribution in [2.24, 2.45) is 23.3 Å². The quantitative estimate of drug-likeness (QED) is 0.730. The maximum Gasteiger partial charge on any atom is 0.0540 e. The van der Waals surface area contributed by atoms with E-state index in [-0.39, 0.29) is 0 Å². The third-order valence-corrected chi connectivity index (χ3v) is 5.53. The molecule has 3 nitrogen and oxygen atoms in total. The lowest BCUT2D eigenvalue weighted by Gasteiger charge is -2.37. The molecule has 0 saturated heterocycles. The molecule has 0 aliphatic heterocycles. The van der Waals surface area contributed by atoms with Gasteiger partial charge in [-0.25, -0.2) is 0 Å². The van der Waals surface area contributed by atoms with Gasteiger partial charge < -0.3 is 16.9 Å². The van der Waals surface area contributed by atoms with Crippen LogP contribution in [0.25, 0.3) is 0 Å². The smallest absolute Gasteiger partial charge is 0.0540 e. The van der Waals surface area contributed by atoms with E-state index in [4.69, 9.17) is 16.9 Å². The Hall–Kier alpha value is -1.19. The Morgan fingerprint density at radius 3 is 1.77 bits per heavy atom. The van der Waals surface area contributed by atoms with Crippen molar-refractivity contribution in [2.75, 3.05) is 0 Å². The summed E-state index contributed by atoms with van der Waals surface area (Å²) in [6.07, 6.45) is 17.7. The van der Waals surface area contributed by atoms with Crippen molar-refractivity contribution in [1.29, 1.82) is 5.41 Å². The van der Waals surface area contributed by atoms with Gasteiger partial charge in [0.25, 0.3) is 0 Å². The van der Waals surface area contributed by atoms with Gasteiger partial charge in [0.1, 0.15) is 0 Å². The van der Waals surface area contributed by atoms with Crippen LogP contribution in [-0.4, -0.2) is 17.8 Å². The number of rotatable bonds is 2. The van der Waals surface area contributed by atoms with Crippen LogP contribution in [0.4, 0.5) is 0 Å². The first-order valence-electron chi connectivity index (χ1n) is 8.83. The average Bonchev–Trinajstić information content (AvgIpc) is 2.50. The molecule has 0 aromatic heterocycles. The molecule has 0 radical (unpaired) electrons. The minimum absolute atomic E-state index is 0.349. The van der Waals surface area contributed by atoms with E-state index in [0.717, 1.165) is 12.8 Å². The Labute approximate surface area is 134 Å². The largest absolute Gasteiger partial charge is 0.328 e. The Morgan fingerprint density at radius 1 is 0.818 bits per heavy atom. The highest BCUT2D eigenvalue weighted by molar-refractivity contribution is 6.03. The van der Waals surface area contributed by atoms with Crippen molar-refractivity contribution >= 4 is 5.71 Å². The maximum atomic E-state index is 7.74. The van der Waals surface area contributed by atoms with Crippen LogP contribution in [0.15, 0.2) is 35.5 Å². The van der Waals surface area contributed by atoms with Crippen LogP contribution in [0.5, 0.6) is 0 Å². The van der Waals surface area contributed by atoms with Gasteiger partial charge in [-0.05, 0) is 68.1 Å². The molecule has 4 unspecified atom stereocenters. The van der Waals surface area contributed by atoms with E-state index >= 15 is 0 Å². The Morgan fingerprint density at radius 2 is 1.32 bits per heavy atom. The fourth-order valence-corrected chi connectivity index (χ4v) is 4.49. The van der Waals surface area contributed by atoms with Crippen molar-refractivity contribution in [3.05, 3.63) is 35.5 Å². The Balaban J connectivity index is 1.91. The molecule has 3 rings (SSSR count). The first-order valence-corrected chi connectivity index (χ1v) is 8.83.